The van der Waals surface area contributed by atoms with Gasteiger partial charge in [0.25, 0.3) is 0 Å². The molecule has 0 heterocycles. The van der Waals surface area contributed by atoms with Crippen LogP contribution in [0.4, 0.5) is 0 Å². The summed E-state index contributed by atoms with van der Waals surface area (Å²) in [7, 11) is 1.52. The molecule has 0 aliphatic carbocycles. The minimum Gasteiger partial charge on any atom is -0.496 e. The van der Waals surface area contributed by atoms with Crippen molar-refractivity contribution in [1.82, 2.24) is 0 Å². The highest BCUT2D eigenvalue weighted by Gasteiger charge is 2.15. The second-order valence-corrected chi connectivity index (χ2v) is 3.57. The van der Waals surface area contributed by atoms with Crippen molar-refractivity contribution in [2.45, 2.75) is 13.8 Å². The summed E-state index contributed by atoms with van der Waals surface area (Å²) >= 11 is 6.07. The van der Waals surface area contributed by atoms with Gasteiger partial charge in [0.2, 0.25) is 0 Å². The quantitative estimate of drug-likeness (QED) is 0.352. The van der Waals surface area contributed by atoms with E-state index < -0.39 is 0 Å². The fourth-order valence-electron chi connectivity index (χ4n) is 1.45. The number of oxime groups is 1. The minimum atomic E-state index is -0.00810. The van der Waals surface area contributed by atoms with Crippen LogP contribution in [-0.4, -0.2) is 18.2 Å². The topological polar surface area (TPSA) is 67.8 Å². The number of halogens is 1. The zero-order valence-corrected chi connectivity index (χ0v) is 9.59. The Morgan fingerprint density at radius 1 is 1.53 bits per heavy atom. The van der Waals surface area contributed by atoms with Gasteiger partial charge in [0.1, 0.15) is 5.75 Å². The molecular weight excluding hydrogens is 216 g/mol. The molecule has 5 heteroatoms. The third kappa shape index (κ3) is 1.99. The van der Waals surface area contributed by atoms with Crippen molar-refractivity contribution in [3.63, 3.8) is 0 Å². The second-order valence-electron chi connectivity index (χ2n) is 3.19. The van der Waals surface area contributed by atoms with Crippen LogP contribution in [0.25, 0.3) is 0 Å². The lowest BCUT2D eigenvalue weighted by Gasteiger charge is -2.13. The van der Waals surface area contributed by atoms with Crippen molar-refractivity contribution >= 4 is 17.4 Å². The van der Waals surface area contributed by atoms with E-state index in [1.807, 2.05) is 6.92 Å². The average Bonchev–Trinajstić information content (AvgIpc) is 2.24. The largest absolute Gasteiger partial charge is 0.496 e. The zero-order chi connectivity index (χ0) is 11.6. The molecule has 82 valence electrons. The molecule has 0 aliphatic heterocycles. The van der Waals surface area contributed by atoms with Crippen LogP contribution in [0.5, 0.6) is 5.75 Å². The van der Waals surface area contributed by atoms with E-state index in [1.54, 1.807) is 13.0 Å². The van der Waals surface area contributed by atoms with Gasteiger partial charge < -0.3 is 15.7 Å². The van der Waals surface area contributed by atoms with Crippen LogP contribution in [0.1, 0.15) is 16.7 Å². The highest BCUT2D eigenvalue weighted by Crippen LogP contribution is 2.31. The fourth-order valence-corrected chi connectivity index (χ4v) is 1.60. The predicted octanol–water partition coefficient (Wildman–Crippen LogP) is 2.06. The van der Waals surface area contributed by atoms with Crippen molar-refractivity contribution < 1.29 is 9.94 Å². The average molecular weight is 229 g/mol. The van der Waals surface area contributed by atoms with E-state index in [4.69, 9.17) is 27.3 Å². The Hall–Kier alpha value is -1.42. The Morgan fingerprint density at radius 3 is 2.60 bits per heavy atom. The van der Waals surface area contributed by atoms with E-state index in [-0.39, 0.29) is 5.84 Å². The number of aryl methyl sites for hydroxylation is 1. The van der Waals surface area contributed by atoms with E-state index >= 15 is 0 Å². The number of hydrogen-bond donors (Lipinski definition) is 2. The first-order valence-electron chi connectivity index (χ1n) is 4.34. The van der Waals surface area contributed by atoms with Crippen molar-refractivity contribution in [1.29, 1.82) is 0 Å². The summed E-state index contributed by atoms with van der Waals surface area (Å²) in [6.45, 7) is 3.67. The van der Waals surface area contributed by atoms with Crippen LogP contribution < -0.4 is 10.5 Å². The number of methoxy groups -OCH3 is 1. The van der Waals surface area contributed by atoms with E-state index in [1.165, 1.54) is 7.11 Å². The van der Waals surface area contributed by atoms with Crippen molar-refractivity contribution in [2.75, 3.05) is 7.11 Å². The number of rotatable bonds is 2. The standard InChI is InChI=1S/C10H13ClN2O2/c1-5-4-7(15-3)8(10(12)13-14)6(2)9(5)11/h4,14H,1-3H3,(H2,12,13). The second kappa shape index (κ2) is 4.40. The van der Waals surface area contributed by atoms with Crippen LogP contribution in [0.3, 0.4) is 0 Å². The van der Waals surface area contributed by atoms with Gasteiger partial charge in [0, 0.05) is 5.02 Å². The summed E-state index contributed by atoms with van der Waals surface area (Å²) in [5.74, 6) is 0.538. The minimum absolute atomic E-state index is 0.00810. The Morgan fingerprint density at radius 2 is 2.13 bits per heavy atom. The summed E-state index contributed by atoms with van der Waals surface area (Å²) in [6, 6.07) is 1.75. The predicted molar refractivity (Wildman–Crippen MR) is 60.0 cm³/mol. The number of benzene rings is 1. The molecule has 0 radical (unpaired) electrons. The van der Waals surface area contributed by atoms with Gasteiger partial charge in [-0.3, -0.25) is 0 Å². The molecule has 0 saturated heterocycles. The number of hydrogen-bond acceptors (Lipinski definition) is 3. The zero-order valence-electron chi connectivity index (χ0n) is 8.84. The van der Waals surface area contributed by atoms with Crippen molar-refractivity contribution in [3.05, 3.63) is 27.8 Å². The highest BCUT2D eigenvalue weighted by molar-refractivity contribution is 6.32. The van der Waals surface area contributed by atoms with E-state index in [0.717, 1.165) is 11.1 Å². The van der Waals surface area contributed by atoms with E-state index in [0.29, 0.717) is 16.3 Å². The summed E-state index contributed by atoms with van der Waals surface area (Å²) in [4.78, 5) is 0. The SMILES string of the molecule is COc1cc(C)c(Cl)c(C)c1/C(N)=N/O. The summed E-state index contributed by atoms with van der Waals surface area (Å²) in [6.07, 6.45) is 0. The lowest BCUT2D eigenvalue weighted by molar-refractivity contribution is 0.318. The molecule has 0 atom stereocenters. The van der Waals surface area contributed by atoms with Crippen LogP contribution in [0.15, 0.2) is 11.2 Å². The molecule has 0 amide bonds. The molecule has 0 fully saturated rings. The fraction of sp³-hybridized carbons (Fsp3) is 0.300. The molecule has 0 aliphatic rings. The van der Waals surface area contributed by atoms with Crippen LogP contribution in [0.2, 0.25) is 5.02 Å². The third-order valence-electron chi connectivity index (χ3n) is 2.23. The first-order chi connectivity index (χ1) is 7.02. The highest BCUT2D eigenvalue weighted by atomic mass is 35.5. The van der Waals surface area contributed by atoms with Gasteiger partial charge in [0.15, 0.2) is 5.84 Å². The maximum Gasteiger partial charge on any atom is 0.174 e. The molecule has 15 heavy (non-hydrogen) atoms. The Bertz CT molecular complexity index is 416. The normalized spacial score (nSPS) is 11.6. The van der Waals surface area contributed by atoms with Crippen molar-refractivity contribution in [2.24, 2.45) is 10.9 Å². The maximum absolute atomic E-state index is 8.66. The van der Waals surface area contributed by atoms with Gasteiger partial charge in [-0.15, -0.1) is 0 Å². The van der Waals surface area contributed by atoms with Gasteiger partial charge in [-0.1, -0.05) is 16.8 Å². The maximum atomic E-state index is 8.66. The Labute approximate surface area is 93.3 Å². The molecule has 4 nitrogen and oxygen atoms in total. The van der Waals surface area contributed by atoms with Crippen LogP contribution >= 0.6 is 11.6 Å². The van der Waals surface area contributed by atoms with Crippen LogP contribution in [-0.2, 0) is 0 Å². The molecule has 0 unspecified atom stereocenters. The molecule has 0 bridgehead atoms. The van der Waals surface area contributed by atoms with Crippen molar-refractivity contribution in [3.8, 4) is 5.75 Å². The lowest BCUT2D eigenvalue weighted by atomic mass is 10.0. The van der Waals surface area contributed by atoms with Gasteiger partial charge in [-0.2, -0.15) is 0 Å². The number of nitrogens with zero attached hydrogens (tertiary/aromatic N) is 1. The number of ether oxygens (including phenoxy) is 1. The molecule has 1 rings (SSSR count). The molecule has 0 saturated carbocycles. The Kier molecular flexibility index (Phi) is 3.42. The van der Waals surface area contributed by atoms with E-state index in [9.17, 15) is 0 Å². The van der Waals surface area contributed by atoms with Gasteiger partial charge >= 0.3 is 0 Å². The molecule has 3 N–H and O–H groups in total. The summed E-state index contributed by atoms with van der Waals surface area (Å²) in [5, 5.41) is 12.2. The van der Waals surface area contributed by atoms with Crippen LogP contribution in [0, 0.1) is 13.8 Å². The monoisotopic (exact) mass is 228 g/mol. The molecule has 0 aromatic heterocycles. The molecule has 0 spiro atoms. The third-order valence-corrected chi connectivity index (χ3v) is 2.81. The first-order valence-corrected chi connectivity index (χ1v) is 4.72. The van der Waals surface area contributed by atoms with Gasteiger partial charge in [0.05, 0.1) is 12.7 Å². The molecular formula is C10H13ClN2O2. The van der Waals surface area contributed by atoms with E-state index in [2.05, 4.69) is 5.16 Å². The first kappa shape index (κ1) is 11.7. The van der Waals surface area contributed by atoms with Gasteiger partial charge in [-0.25, -0.2) is 0 Å². The smallest absolute Gasteiger partial charge is 0.174 e. The Balaban J connectivity index is 3.54. The summed E-state index contributed by atoms with van der Waals surface area (Å²) < 4.78 is 5.15. The number of nitrogens with two attached hydrogens (primary N) is 1. The molecule has 1 aromatic carbocycles. The number of amidine groups is 1. The lowest BCUT2D eigenvalue weighted by Crippen LogP contribution is -2.16. The van der Waals surface area contributed by atoms with Gasteiger partial charge in [-0.05, 0) is 31.0 Å². The molecule has 1 aromatic rings. The summed E-state index contributed by atoms with van der Waals surface area (Å²) in [5.41, 5.74) is 7.70.